The van der Waals surface area contributed by atoms with Gasteiger partial charge in [0.2, 0.25) is 15.9 Å². The van der Waals surface area contributed by atoms with Gasteiger partial charge in [-0.1, -0.05) is 30.7 Å². The van der Waals surface area contributed by atoms with Crippen molar-refractivity contribution < 1.29 is 17.6 Å². The highest BCUT2D eigenvalue weighted by molar-refractivity contribution is 7.92. The number of sulfonamides is 1. The van der Waals surface area contributed by atoms with E-state index in [1.807, 2.05) is 39.0 Å². The molecule has 7 heteroatoms. The Kier molecular flexibility index (Phi) is 6.82. The molecule has 0 aromatic heterocycles. The standard InChI is InChI=1S/C21H27FN2O3S/c1-6-20(24(28(5,26)27)18-10-8-17(22)9-11-18)21(25)23-16(4)19-12-7-14(2)13-15(19)3/h7-13,16,20H,6H2,1-5H3,(H,23,25)/t16-,20+/m0/s1. The van der Waals surface area contributed by atoms with E-state index in [4.69, 9.17) is 0 Å². The molecule has 0 aliphatic carbocycles. The minimum Gasteiger partial charge on any atom is -0.348 e. The maximum absolute atomic E-state index is 13.3. The van der Waals surface area contributed by atoms with Crippen LogP contribution in [0, 0.1) is 19.7 Å². The first-order chi connectivity index (χ1) is 13.0. The number of carbonyl (C=O) groups is 1. The van der Waals surface area contributed by atoms with Gasteiger partial charge >= 0.3 is 0 Å². The number of amides is 1. The van der Waals surface area contributed by atoms with Crippen LogP contribution in [0.15, 0.2) is 42.5 Å². The molecule has 152 valence electrons. The summed E-state index contributed by atoms with van der Waals surface area (Å²) in [5.41, 5.74) is 3.41. The predicted molar refractivity (Wildman–Crippen MR) is 110 cm³/mol. The largest absolute Gasteiger partial charge is 0.348 e. The summed E-state index contributed by atoms with van der Waals surface area (Å²) in [6, 6.07) is 9.84. The lowest BCUT2D eigenvalue weighted by atomic mass is 10.00. The summed E-state index contributed by atoms with van der Waals surface area (Å²) in [4.78, 5) is 13.0. The third-order valence-electron chi connectivity index (χ3n) is 4.66. The van der Waals surface area contributed by atoms with Gasteiger partial charge in [0.15, 0.2) is 0 Å². The third-order valence-corrected chi connectivity index (χ3v) is 5.84. The molecule has 2 aromatic rings. The Morgan fingerprint density at radius 2 is 1.75 bits per heavy atom. The Hall–Kier alpha value is -2.41. The molecule has 0 saturated carbocycles. The summed E-state index contributed by atoms with van der Waals surface area (Å²) in [5.74, 6) is -0.872. The van der Waals surface area contributed by atoms with Crippen LogP contribution in [0.5, 0.6) is 0 Å². The van der Waals surface area contributed by atoms with Crippen LogP contribution < -0.4 is 9.62 Å². The van der Waals surface area contributed by atoms with Gasteiger partial charge in [-0.2, -0.15) is 0 Å². The SMILES string of the molecule is CC[C@H](C(=O)N[C@@H](C)c1ccc(C)cc1C)N(c1ccc(F)cc1)S(C)(=O)=O. The average Bonchev–Trinajstić information content (AvgIpc) is 2.59. The van der Waals surface area contributed by atoms with Gasteiger partial charge in [-0.15, -0.1) is 0 Å². The zero-order chi connectivity index (χ0) is 21.1. The normalized spacial score (nSPS) is 13.6. The van der Waals surface area contributed by atoms with Crippen molar-refractivity contribution in [3.05, 3.63) is 65.0 Å². The second kappa shape index (κ2) is 8.73. The van der Waals surface area contributed by atoms with Gasteiger partial charge in [-0.3, -0.25) is 9.10 Å². The molecule has 0 aliphatic heterocycles. The van der Waals surface area contributed by atoms with Gasteiger partial charge in [0.25, 0.3) is 0 Å². The smallest absolute Gasteiger partial charge is 0.244 e. The van der Waals surface area contributed by atoms with E-state index in [0.29, 0.717) is 0 Å². The Morgan fingerprint density at radius 1 is 1.14 bits per heavy atom. The van der Waals surface area contributed by atoms with E-state index in [1.165, 1.54) is 24.3 Å². The number of nitrogens with zero attached hydrogens (tertiary/aromatic N) is 1. The first-order valence-electron chi connectivity index (χ1n) is 9.17. The number of hydrogen-bond acceptors (Lipinski definition) is 3. The molecule has 1 amide bonds. The molecule has 2 rings (SSSR count). The lowest BCUT2D eigenvalue weighted by Crippen LogP contribution is -2.49. The topological polar surface area (TPSA) is 66.5 Å². The van der Waals surface area contributed by atoms with E-state index >= 15 is 0 Å². The highest BCUT2D eigenvalue weighted by Gasteiger charge is 2.32. The average molecular weight is 407 g/mol. The first kappa shape index (κ1) is 21.9. The predicted octanol–water partition coefficient (Wildman–Crippen LogP) is 3.86. The molecule has 2 aromatic carbocycles. The number of carbonyl (C=O) groups excluding carboxylic acids is 1. The summed E-state index contributed by atoms with van der Waals surface area (Å²) in [7, 11) is -3.75. The van der Waals surface area contributed by atoms with Crippen molar-refractivity contribution >= 4 is 21.6 Å². The zero-order valence-corrected chi connectivity index (χ0v) is 17.7. The molecule has 0 bridgehead atoms. The van der Waals surface area contributed by atoms with Crippen LogP contribution in [-0.2, 0) is 14.8 Å². The number of aryl methyl sites for hydroxylation is 2. The fourth-order valence-electron chi connectivity index (χ4n) is 3.35. The summed E-state index contributed by atoms with van der Waals surface area (Å²) in [6.07, 6.45) is 1.32. The van der Waals surface area contributed by atoms with Crippen LogP contribution in [0.25, 0.3) is 0 Å². The highest BCUT2D eigenvalue weighted by Crippen LogP contribution is 2.24. The Balaban J connectivity index is 2.32. The molecule has 0 spiro atoms. The Labute approximate surface area is 166 Å². The van der Waals surface area contributed by atoms with Gasteiger partial charge in [0.05, 0.1) is 18.0 Å². The number of benzene rings is 2. The molecule has 0 radical (unpaired) electrons. The fraction of sp³-hybridized carbons (Fsp3) is 0.381. The third kappa shape index (κ3) is 5.10. The lowest BCUT2D eigenvalue weighted by Gasteiger charge is -2.31. The van der Waals surface area contributed by atoms with Gasteiger partial charge < -0.3 is 5.32 Å². The molecule has 2 atom stereocenters. The molecule has 0 saturated heterocycles. The van der Waals surface area contributed by atoms with Crippen LogP contribution in [0.4, 0.5) is 10.1 Å². The van der Waals surface area contributed by atoms with Gasteiger partial charge in [-0.05, 0) is 62.6 Å². The van der Waals surface area contributed by atoms with Crippen LogP contribution >= 0.6 is 0 Å². The van der Waals surface area contributed by atoms with E-state index < -0.39 is 27.8 Å². The molecule has 1 N–H and O–H groups in total. The van der Waals surface area contributed by atoms with Gasteiger partial charge in [0.1, 0.15) is 11.9 Å². The van der Waals surface area contributed by atoms with Gasteiger partial charge in [-0.25, -0.2) is 12.8 Å². The van der Waals surface area contributed by atoms with Crippen molar-refractivity contribution in [2.75, 3.05) is 10.6 Å². The molecule has 0 unspecified atom stereocenters. The van der Waals surface area contributed by atoms with Crippen molar-refractivity contribution in [2.45, 2.75) is 46.2 Å². The van der Waals surface area contributed by atoms with Crippen molar-refractivity contribution in [1.82, 2.24) is 5.32 Å². The van der Waals surface area contributed by atoms with E-state index in [-0.39, 0.29) is 18.2 Å². The summed E-state index contributed by atoms with van der Waals surface area (Å²) < 4.78 is 39.2. The second-order valence-electron chi connectivity index (χ2n) is 7.05. The minimum atomic E-state index is -3.75. The summed E-state index contributed by atoms with van der Waals surface area (Å²) >= 11 is 0. The molecular formula is C21H27FN2O3S. The summed E-state index contributed by atoms with van der Waals surface area (Å²) in [6.45, 7) is 7.59. The zero-order valence-electron chi connectivity index (χ0n) is 16.9. The fourth-order valence-corrected chi connectivity index (χ4v) is 4.56. The maximum atomic E-state index is 13.3. The molecular weight excluding hydrogens is 379 g/mol. The monoisotopic (exact) mass is 406 g/mol. The number of anilines is 1. The highest BCUT2D eigenvalue weighted by atomic mass is 32.2. The minimum absolute atomic E-state index is 0.255. The van der Waals surface area contributed by atoms with Gasteiger partial charge in [0, 0.05) is 0 Å². The molecule has 0 heterocycles. The van der Waals surface area contributed by atoms with Crippen LogP contribution in [-0.4, -0.2) is 26.6 Å². The number of halogens is 1. The first-order valence-corrected chi connectivity index (χ1v) is 11.0. The summed E-state index contributed by atoms with van der Waals surface area (Å²) in [5, 5.41) is 2.92. The Morgan fingerprint density at radius 3 is 2.25 bits per heavy atom. The van der Waals surface area contributed by atoms with E-state index in [2.05, 4.69) is 5.32 Å². The lowest BCUT2D eigenvalue weighted by molar-refractivity contribution is -0.122. The van der Waals surface area contributed by atoms with Crippen molar-refractivity contribution in [2.24, 2.45) is 0 Å². The quantitative estimate of drug-likeness (QED) is 0.759. The van der Waals surface area contributed by atoms with Crippen molar-refractivity contribution in [1.29, 1.82) is 0 Å². The van der Waals surface area contributed by atoms with E-state index in [9.17, 15) is 17.6 Å². The van der Waals surface area contributed by atoms with Crippen LogP contribution in [0.1, 0.15) is 43.0 Å². The number of nitrogens with one attached hydrogen (secondary N) is 1. The molecule has 5 nitrogen and oxygen atoms in total. The number of hydrogen-bond donors (Lipinski definition) is 1. The number of rotatable bonds is 7. The molecule has 0 aliphatic rings. The molecule has 28 heavy (non-hydrogen) atoms. The molecule has 0 fully saturated rings. The van der Waals surface area contributed by atoms with Crippen molar-refractivity contribution in [3.63, 3.8) is 0 Å². The van der Waals surface area contributed by atoms with E-state index in [1.54, 1.807) is 6.92 Å². The van der Waals surface area contributed by atoms with E-state index in [0.717, 1.165) is 27.3 Å². The van der Waals surface area contributed by atoms with Crippen LogP contribution in [0.2, 0.25) is 0 Å². The Bertz CT molecular complexity index is 943. The second-order valence-corrected chi connectivity index (χ2v) is 8.91. The maximum Gasteiger partial charge on any atom is 0.244 e. The van der Waals surface area contributed by atoms with Crippen LogP contribution in [0.3, 0.4) is 0 Å². The van der Waals surface area contributed by atoms with Crippen molar-refractivity contribution in [3.8, 4) is 0 Å².